The lowest BCUT2D eigenvalue weighted by atomic mass is 9.44. The summed E-state index contributed by atoms with van der Waals surface area (Å²) in [4.78, 5) is 12.4. The Bertz CT molecular complexity index is 558. The predicted octanol–water partition coefficient (Wildman–Crippen LogP) is 3.92. The average molecular weight is 332 g/mol. The van der Waals surface area contributed by atoms with Crippen molar-refractivity contribution in [1.29, 1.82) is 0 Å². The maximum Gasteiger partial charge on any atom is 0.309 e. The number of allylic oxidation sites excluding steroid dienone is 2. The molecule has 8 atom stereocenters. The van der Waals surface area contributed by atoms with Crippen LogP contribution < -0.4 is 5.73 Å². The smallest absolute Gasteiger partial charge is 0.309 e. The van der Waals surface area contributed by atoms with E-state index in [0.29, 0.717) is 23.2 Å². The van der Waals surface area contributed by atoms with E-state index in [-0.39, 0.29) is 23.3 Å². The van der Waals surface area contributed by atoms with Gasteiger partial charge in [-0.15, -0.1) is 0 Å². The fourth-order valence-electron chi connectivity index (χ4n) is 7.63. The van der Waals surface area contributed by atoms with Gasteiger partial charge in [-0.2, -0.15) is 0 Å². The van der Waals surface area contributed by atoms with E-state index in [0.717, 1.165) is 18.8 Å². The average Bonchev–Trinajstić information content (AvgIpc) is 2.89. The molecule has 4 rings (SSSR count). The summed E-state index contributed by atoms with van der Waals surface area (Å²) < 4.78 is 5.14. The maximum atomic E-state index is 12.4. The summed E-state index contributed by atoms with van der Waals surface area (Å²) in [6.07, 6.45) is 13.0. The van der Waals surface area contributed by atoms with Crippen LogP contribution in [0.1, 0.15) is 58.8 Å². The lowest BCUT2D eigenvalue weighted by Gasteiger charge is -2.61. The summed E-state index contributed by atoms with van der Waals surface area (Å²) in [6, 6.07) is 0.223. The number of hydrogen-bond donors (Lipinski definition) is 1. The first-order chi connectivity index (χ1) is 11.4. The first kappa shape index (κ1) is 16.6. The van der Waals surface area contributed by atoms with Crippen LogP contribution in [0.15, 0.2) is 12.2 Å². The second-order valence-electron chi connectivity index (χ2n) is 9.51. The minimum atomic E-state index is -0.00820. The van der Waals surface area contributed by atoms with Crippen molar-refractivity contribution in [2.45, 2.75) is 64.8 Å². The molecule has 3 heteroatoms. The van der Waals surface area contributed by atoms with Crippen molar-refractivity contribution in [3.63, 3.8) is 0 Å². The lowest BCUT2D eigenvalue weighted by molar-refractivity contribution is -0.155. The first-order valence-electron chi connectivity index (χ1n) is 9.90. The molecule has 0 heterocycles. The Hall–Kier alpha value is -0.830. The van der Waals surface area contributed by atoms with Gasteiger partial charge in [0.25, 0.3) is 0 Å². The Kier molecular flexibility index (Phi) is 3.87. The number of carbonyl (C=O) groups excluding carboxylic acids is 1. The van der Waals surface area contributed by atoms with E-state index in [2.05, 4.69) is 26.0 Å². The topological polar surface area (TPSA) is 52.3 Å². The fraction of sp³-hybridized carbons (Fsp3) is 0.857. The van der Waals surface area contributed by atoms with Gasteiger partial charge in [0.1, 0.15) is 0 Å². The van der Waals surface area contributed by atoms with Crippen molar-refractivity contribution in [2.75, 3.05) is 7.11 Å². The summed E-state index contributed by atoms with van der Waals surface area (Å²) in [5.41, 5.74) is 7.26. The Morgan fingerprint density at radius 1 is 1.12 bits per heavy atom. The molecular weight excluding hydrogens is 298 g/mol. The monoisotopic (exact) mass is 331 g/mol. The van der Waals surface area contributed by atoms with E-state index in [9.17, 15) is 4.79 Å². The largest absolute Gasteiger partial charge is 0.469 e. The van der Waals surface area contributed by atoms with Crippen LogP contribution in [0.25, 0.3) is 0 Å². The molecular formula is C21H33NO2. The van der Waals surface area contributed by atoms with Crippen LogP contribution in [0.2, 0.25) is 0 Å². The fourth-order valence-corrected chi connectivity index (χ4v) is 7.63. The van der Waals surface area contributed by atoms with Crippen LogP contribution in [0.5, 0.6) is 0 Å². The predicted molar refractivity (Wildman–Crippen MR) is 95.1 cm³/mol. The quantitative estimate of drug-likeness (QED) is 0.585. The van der Waals surface area contributed by atoms with Crippen molar-refractivity contribution in [3.05, 3.63) is 12.2 Å². The number of hydrogen-bond acceptors (Lipinski definition) is 3. The summed E-state index contributed by atoms with van der Waals surface area (Å²) in [5.74, 6) is 2.81. The zero-order valence-corrected chi connectivity index (χ0v) is 15.5. The highest BCUT2D eigenvalue weighted by atomic mass is 16.5. The normalized spacial score (nSPS) is 53.0. The minimum Gasteiger partial charge on any atom is -0.469 e. The van der Waals surface area contributed by atoms with Crippen molar-refractivity contribution in [1.82, 2.24) is 0 Å². The molecule has 0 aliphatic heterocycles. The van der Waals surface area contributed by atoms with Gasteiger partial charge in [0.05, 0.1) is 13.0 Å². The molecule has 4 aliphatic rings. The standard InChI is InChI=1S/C21H33NO2/c1-20-11-5-4-6-13(20)7-8-14-15-9-10-16(19(23)24-3)21(15,2)12-17(22)18(14)20/h4-5,13-18H,6-12,22H2,1-3H3/t13?,14-,15-,16+,17+,18+,20-,21-/m0/s1. The van der Waals surface area contributed by atoms with E-state index in [4.69, 9.17) is 10.5 Å². The molecule has 0 radical (unpaired) electrons. The van der Waals surface area contributed by atoms with Gasteiger partial charge in [-0.05, 0) is 79.4 Å². The van der Waals surface area contributed by atoms with E-state index in [1.165, 1.54) is 39.2 Å². The van der Waals surface area contributed by atoms with Gasteiger partial charge in [-0.1, -0.05) is 26.0 Å². The maximum absolute atomic E-state index is 12.4. The molecule has 3 nitrogen and oxygen atoms in total. The second-order valence-corrected chi connectivity index (χ2v) is 9.51. The highest BCUT2D eigenvalue weighted by Gasteiger charge is 2.63. The molecule has 1 unspecified atom stereocenters. The highest BCUT2D eigenvalue weighted by Crippen LogP contribution is 2.66. The minimum absolute atomic E-state index is 0.00820. The summed E-state index contributed by atoms with van der Waals surface area (Å²) in [7, 11) is 1.53. The summed E-state index contributed by atoms with van der Waals surface area (Å²) in [6.45, 7) is 4.84. The van der Waals surface area contributed by atoms with Gasteiger partial charge in [0.15, 0.2) is 0 Å². The van der Waals surface area contributed by atoms with Crippen molar-refractivity contribution >= 4 is 5.97 Å². The molecule has 3 saturated carbocycles. The van der Waals surface area contributed by atoms with Crippen molar-refractivity contribution in [3.8, 4) is 0 Å². The van der Waals surface area contributed by atoms with Gasteiger partial charge in [-0.3, -0.25) is 4.79 Å². The number of rotatable bonds is 1. The molecule has 4 aliphatic carbocycles. The van der Waals surface area contributed by atoms with E-state index < -0.39 is 0 Å². The highest BCUT2D eigenvalue weighted by molar-refractivity contribution is 5.73. The Morgan fingerprint density at radius 2 is 1.92 bits per heavy atom. The molecule has 0 amide bonds. The summed E-state index contributed by atoms with van der Waals surface area (Å²) in [5, 5.41) is 0. The first-order valence-corrected chi connectivity index (χ1v) is 9.90. The number of ether oxygens (including phenoxy) is 1. The van der Waals surface area contributed by atoms with E-state index >= 15 is 0 Å². The SMILES string of the molecule is COC(=O)[C@H]1CC[C@H]2[C@@H]3CCC4CC=CC[C@]4(C)[C@H]3[C@H](N)C[C@]12C. The number of nitrogens with two attached hydrogens (primary N) is 1. The molecule has 0 spiro atoms. The zero-order valence-electron chi connectivity index (χ0n) is 15.5. The molecule has 3 fully saturated rings. The Morgan fingerprint density at radius 3 is 2.67 bits per heavy atom. The molecule has 0 saturated heterocycles. The van der Waals surface area contributed by atoms with Crippen LogP contribution in [-0.4, -0.2) is 19.1 Å². The van der Waals surface area contributed by atoms with Gasteiger partial charge in [-0.25, -0.2) is 0 Å². The third-order valence-electron chi connectivity index (χ3n) is 8.70. The second kappa shape index (κ2) is 5.59. The number of carbonyl (C=O) groups is 1. The zero-order chi connectivity index (χ0) is 17.1. The Balaban J connectivity index is 1.68. The molecule has 24 heavy (non-hydrogen) atoms. The van der Waals surface area contributed by atoms with Crippen LogP contribution in [0.4, 0.5) is 0 Å². The van der Waals surface area contributed by atoms with E-state index in [1.807, 2.05) is 0 Å². The third kappa shape index (κ3) is 2.09. The molecule has 2 N–H and O–H groups in total. The summed E-state index contributed by atoms with van der Waals surface area (Å²) >= 11 is 0. The van der Waals surface area contributed by atoms with Crippen LogP contribution in [-0.2, 0) is 9.53 Å². The third-order valence-corrected chi connectivity index (χ3v) is 8.70. The van der Waals surface area contributed by atoms with Gasteiger partial charge >= 0.3 is 5.97 Å². The number of fused-ring (bicyclic) bond motifs is 5. The molecule has 0 aromatic rings. The van der Waals surface area contributed by atoms with Crippen molar-refractivity contribution in [2.24, 2.45) is 46.2 Å². The van der Waals surface area contributed by atoms with Crippen LogP contribution in [0.3, 0.4) is 0 Å². The Labute approximate surface area is 146 Å². The molecule has 0 aromatic heterocycles. The van der Waals surface area contributed by atoms with Gasteiger partial charge in [0, 0.05) is 6.04 Å². The molecule has 134 valence electrons. The number of esters is 1. The van der Waals surface area contributed by atoms with Gasteiger partial charge in [0.2, 0.25) is 0 Å². The molecule has 0 bridgehead atoms. The van der Waals surface area contributed by atoms with E-state index in [1.54, 1.807) is 0 Å². The lowest BCUT2D eigenvalue weighted by Crippen LogP contribution is -2.60. The molecule has 0 aromatic carbocycles. The van der Waals surface area contributed by atoms with Gasteiger partial charge < -0.3 is 10.5 Å². The number of methoxy groups -OCH3 is 1. The van der Waals surface area contributed by atoms with Crippen LogP contribution in [0, 0.1) is 40.4 Å². The van der Waals surface area contributed by atoms with Crippen molar-refractivity contribution < 1.29 is 9.53 Å². The van der Waals surface area contributed by atoms with Crippen LogP contribution >= 0.6 is 0 Å².